The van der Waals surface area contributed by atoms with Crippen LogP contribution in [0.3, 0.4) is 0 Å². The highest BCUT2D eigenvalue weighted by atomic mass is 32.2. The van der Waals surface area contributed by atoms with Crippen molar-refractivity contribution in [2.45, 2.75) is 42.6 Å². The van der Waals surface area contributed by atoms with Gasteiger partial charge in [0.05, 0.1) is 5.60 Å². The molecule has 2 rings (SSSR count). The molecule has 0 saturated carbocycles. The molecule has 0 bridgehead atoms. The Labute approximate surface area is 138 Å². The first-order chi connectivity index (χ1) is 10.7. The summed E-state index contributed by atoms with van der Waals surface area (Å²) in [5, 5.41) is 15.0. The van der Waals surface area contributed by atoms with Crippen LogP contribution >= 0.6 is 11.8 Å². The summed E-state index contributed by atoms with van der Waals surface area (Å²) >= 11 is 1.73. The van der Waals surface area contributed by atoms with Gasteiger partial charge in [0.2, 0.25) is 0 Å². The van der Waals surface area contributed by atoms with E-state index < -0.39 is 5.60 Å². The Kier molecular flexibility index (Phi) is 7.22. The summed E-state index contributed by atoms with van der Waals surface area (Å²) in [6, 6.07) is 8.43. The molecule has 2 atom stereocenters. The number of nitrogens with one attached hydrogen (secondary N) is 1. The number of benzene rings is 1. The second-order valence-corrected chi connectivity index (χ2v) is 7.03. The first-order valence-electron chi connectivity index (χ1n) is 8.27. The third-order valence-corrected chi connectivity index (χ3v) is 5.42. The van der Waals surface area contributed by atoms with Gasteiger partial charge < -0.3 is 15.2 Å². The standard InChI is InChI=1S/C18H29NO2S/c1-21-12-4-3-10-18(20,16-8-6-11-19-14-16)15-7-5-9-17(13-15)22-2/h5,7,9,13,16,19-20H,3-4,6,8,10-12,14H2,1-2H3/t16-,18-/m1/s1. The Hall–Kier alpha value is -0.550. The van der Waals surface area contributed by atoms with E-state index in [9.17, 15) is 5.11 Å². The first kappa shape index (κ1) is 17.8. The van der Waals surface area contributed by atoms with Crippen LogP contribution in [0, 0.1) is 5.92 Å². The number of rotatable bonds is 8. The highest BCUT2D eigenvalue weighted by Crippen LogP contribution is 2.39. The molecule has 1 aliphatic heterocycles. The second-order valence-electron chi connectivity index (χ2n) is 6.15. The predicted molar refractivity (Wildman–Crippen MR) is 93.4 cm³/mol. The maximum absolute atomic E-state index is 11.5. The highest BCUT2D eigenvalue weighted by Gasteiger charge is 2.38. The number of ether oxygens (including phenoxy) is 1. The zero-order chi connectivity index (χ0) is 15.8. The number of hydrogen-bond acceptors (Lipinski definition) is 4. The quantitative estimate of drug-likeness (QED) is 0.568. The zero-order valence-electron chi connectivity index (χ0n) is 13.8. The number of aliphatic hydroxyl groups is 1. The van der Waals surface area contributed by atoms with Crippen molar-refractivity contribution in [2.75, 3.05) is 33.1 Å². The van der Waals surface area contributed by atoms with Gasteiger partial charge in [-0.25, -0.2) is 0 Å². The molecule has 1 aliphatic rings. The number of unbranched alkanes of at least 4 members (excludes halogenated alkanes) is 1. The molecule has 124 valence electrons. The summed E-state index contributed by atoms with van der Waals surface area (Å²) in [7, 11) is 1.74. The molecule has 0 amide bonds. The third-order valence-electron chi connectivity index (χ3n) is 4.70. The average Bonchev–Trinajstić information content (AvgIpc) is 2.59. The molecular formula is C18H29NO2S. The van der Waals surface area contributed by atoms with Crippen molar-refractivity contribution < 1.29 is 9.84 Å². The largest absolute Gasteiger partial charge is 0.385 e. The summed E-state index contributed by atoms with van der Waals surface area (Å²) in [6.45, 7) is 2.75. The van der Waals surface area contributed by atoms with Gasteiger partial charge in [0.15, 0.2) is 0 Å². The fraction of sp³-hybridized carbons (Fsp3) is 0.667. The lowest BCUT2D eigenvalue weighted by atomic mass is 9.74. The summed E-state index contributed by atoms with van der Waals surface area (Å²) in [6.07, 6.45) is 7.12. The van der Waals surface area contributed by atoms with Crippen molar-refractivity contribution in [3.8, 4) is 0 Å². The Morgan fingerprint density at radius 2 is 2.27 bits per heavy atom. The van der Waals surface area contributed by atoms with Crippen LogP contribution in [-0.4, -0.2) is 38.2 Å². The molecule has 3 nitrogen and oxygen atoms in total. The van der Waals surface area contributed by atoms with Crippen LogP contribution in [-0.2, 0) is 10.3 Å². The summed E-state index contributed by atoms with van der Waals surface area (Å²) in [5.41, 5.74) is 0.345. The molecule has 0 radical (unpaired) electrons. The lowest BCUT2D eigenvalue weighted by molar-refractivity contribution is -0.0435. The predicted octanol–water partition coefficient (Wildman–Crippen LogP) is 3.41. The third kappa shape index (κ3) is 4.48. The van der Waals surface area contributed by atoms with Gasteiger partial charge in [-0.1, -0.05) is 12.1 Å². The minimum atomic E-state index is -0.729. The second kappa shape index (κ2) is 8.92. The van der Waals surface area contributed by atoms with Crippen molar-refractivity contribution in [1.82, 2.24) is 5.32 Å². The van der Waals surface area contributed by atoms with E-state index in [1.807, 2.05) is 0 Å². The van der Waals surface area contributed by atoms with E-state index in [0.717, 1.165) is 57.4 Å². The molecule has 2 N–H and O–H groups in total. The van der Waals surface area contributed by atoms with Crippen LogP contribution in [0.4, 0.5) is 0 Å². The topological polar surface area (TPSA) is 41.5 Å². The van der Waals surface area contributed by atoms with E-state index >= 15 is 0 Å². The van der Waals surface area contributed by atoms with Crippen molar-refractivity contribution in [3.63, 3.8) is 0 Å². The minimum Gasteiger partial charge on any atom is -0.385 e. The van der Waals surface area contributed by atoms with Crippen LogP contribution in [0.1, 0.15) is 37.7 Å². The van der Waals surface area contributed by atoms with Crippen molar-refractivity contribution in [2.24, 2.45) is 5.92 Å². The number of thioether (sulfide) groups is 1. The van der Waals surface area contributed by atoms with Gasteiger partial charge in [0.1, 0.15) is 0 Å². The molecule has 0 spiro atoms. The molecule has 1 aromatic carbocycles. The van der Waals surface area contributed by atoms with Gasteiger partial charge in [0, 0.05) is 31.1 Å². The van der Waals surface area contributed by atoms with Gasteiger partial charge in [-0.15, -0.1) is 11.8 Å². The average molecular weight is 324 g/mol. The zero-order valence-corrected chi connectivity index (χ0v) is 14.6. The van der Waals surface area contributed by atoms with Crippen LogP contribution in [0.5, 0.6) is 0 Å². The van der Waals surface area contributed by atoms with E-state index in [2.05, 4.69) is 35.8 Å². The SMILES string of the molecule is COCCCC[C@@](O)(c1cccc(SC)c1)[C@@H]1CCCNC1. The number of piperidine rings is 1. The van der Waals surface area contributed by atoms with Gasteiger partial charge in [-0.3, -0.25) is 0 Å². The molecule has 1 aromatic rings. The summed E-state index contributed by atoms with van der Waals surface area (Å²) in [5.74, 6) is 0.293. The van der Waals surface area contributed by atoms with Crippen molar-refractivity contribution >= 4 is 11.8 Å². The van der Waals surface area contributed by atoms with Crippen LogP contribution in [0.2, 0.25) is 0 Å². The summed E-state index contributed by atoms with van der Waals surface area (Å²) in [4.78, 5) is 1.22. The lowest BCUT2D eigenvalue weighted by Gasteiger charge is -2.39. The Bertz CT molecular complexity index is 448. The van der Waals surface area contributed by atoms with Gasteiger partial charge >= 0.3 is 0 Å². The molecule has 0 aromatic heterocycles. The molecular weight excluding hydrogens is 294 g/mol. The van der Waals surface area contributed by atoms with Gasteiger partial charge in [-0.05, 0) is 62.6 Å². The minimum absolute atomic E-state index is 0.293. The molecule has 4 heteroatoms. The van der Waals surface area contributed by atoms with E-state index in [1.54, 1.807) is 18.9 Å². The van der Waals surface area contributed by atoms with E-state index in [4.69, 9.17) is 4.74 Å². The van der Waals surface area contributed by atoms with E-state index in [1.165, 1.54) is 4.90 Å². The van der Waals surface area contributed by atoms with Crippen LogP contribution in [0.25, 0.3) is 0 Å². The van der Waals surface area contributed by atoms with Crippen molar-refractivity contribution in [3.05, 3.63) is 29.8 Å². The summed E-state index contributed by atoms with van der Waals surface area (Å²) < 4.78 is 5.15. The Morgan fingerprint density at radius 3 is 2.95 bits per heavy atom. The monoisotopic (exact) mass is 323 g/mol. The Balaban J connectivity index is 2.18. The normalized spacial score (nSPS) is 21.5. The lowest BCUT2D eigenvalue weighted by Crippen LogP contribution is -2.44. The van der Waals surface area contributed by atoms with Crippen LogP contribution in [0.15, 0.2) is 29.2 Å². The Morgan fingerprint density at radius 1 is 1.41 bits per heavy atom. The molecule has 1 heterocycles. The van der Waals surface area contributed by atoms with Crippen molar-refractivity contribution in [1.29, 1.82) is 0 Å². The number of methoxy groups -OCH3 is 1. The molecule has 0 aliphatic carbocycles. The van der Waals surface area contributed by atoms with Gasteiger partial charge in [0.25, 0.3) is 0 Å². The number of hydrogen-bond donors (Lipinski definition) is 2. The van der Waals surface area contributed by atoms with Crippen LogP contribution < -0.4 is 5.32 Å². The first-order valence-corrected chi connectivity index (χ1v) is 9.49. The molecule has 0 unspecified atom stereocenters. The molecule has 1 fully saturated rings. The maximum Gasteiger partial charge on any atom is 0.0937 e. The molecule has 1 saturated heterocycles. The van der Waals surface area contributed by atoms with E-state index in [-0.39, 0.29) is 0 Å². The maximum atomic E-state index is 11.5. The van der Waals surface area contributed by atoms with Gasteiger partial charge in [-0.2, -0.15) is 0 Å². The van der Waals surface area contributed by atoms with E-state index in [0.29, 0.717) is 5.92 Å². The fourth-order valence-corrected chi connectivity index (χ4v) is 3.84. The smallest absolute Gasteiger partial charge is 0.0937 e. The highest BCUT2D eigenvalue weighted by molar-refractivity contribution is 7.98. The molecule has 22 heavy (non-hydrogen) atoms. The fourth-order valence-electron chi connectivity index (χ4n) is 3.38.